The van der Waals surface area contributed by atoms with E-state index in [4.69, 9.17) is 4.74 Å². The number of nitrogens with one attached hydrogen (secondary N) is 2. The fourth-order valence-corrected chi connectivity index (χ4v) is 3.35. The molecule has 2 heterocycles. The van der Waals surface area contributed by atoms with Crippen LogP contribution >= 0.6 is 0 Å². The summed E-state index contributed by atoms with van der Waals surface area (Å²) in [6.45, 7) is 6.03. The molecule has 30 heavy (non-hydrogen) atoms. The molecular weight excluding hydrogens is 384 g/mol. The van der Waals surface area contributed by atoms with Crippen molar-refractivity contribution in [1.82, 2.24) is 9.78 Å². The zero-order chi connectivity index (χ0) is 21.4. The lowest BCUT2D eigenvalue weighted by Crippen LogP contribution is -2.34. The molecule has 154 valence electrons. The molecule has 1 atom stereocenters. The number of rotatable bonds is 4. The average Bonchev–Trinajstić information content (AvgIpc) is 2.71. The number of aromatic nitrogens is 2. The third kappa shape index (κ3) is 3.63. The summed E-state index contributed by atoms with van der Waals surface area (Å²) in [6.07, 6.45) is -0.574. The molecule has 1 aliphatic rings. The van der Waals surface area contributed by atoms with Crippen molar-refractivity contribution in [1.29, 1.82) is 0 Å². The summed E-state index contributed by atoms with van der Waals surface area (Å²) in [7, 11) is 0. The van der Waals surface area contributed by atoms with Crippen LogP contribution in [0.3, 0.4) is 0 Å². The second-order valence-corrected chi connectivity index (χ2v) is 7.69. The van der Waals surface area contributed by atoms with E-state index in [2.05, 4.69) is 15.7 Å². The molecule has 2 aromatic carbocycles. The summed E-state index contributed by atoms with van der Waals surface area (Å²) in [6, 6.07) is 11.9. The van der Waals surface area contributed by atoms with Gasteiger partial charge in [-0.15, -0.1) is 0 Å². The first-order valence-electron chi connectivity index (χ1n) is 9.76. The van der Waals surface area contributed by atoms with Crippen molar-refractivity contribution >= 4 is 34.0 Å². The van der Waals surface area contributed by atoms with Gasteiger partial charge in [0.25, 0.3) is 17.4 Å². The Morgan fingerprint density at radius 2 is 1.93 bits per heavy atom. The number of carbonyl (C=O) groups is 2. The molecule has 4 rings (SSSR count). The first-order chi connectivity index (χ1) is 14.3. The van der Waals surface area contributed by atoms with Crippen molar-refractivity contribution in [2.45, 2.75) is 33.4 Å². The predicted octanol–water partition coefficient (Wildman–Crippen LogP) is 3.02. The normalized spacial score (nSPS) is 15.5. The summed E-state index contributed by atoms with van der Waals surface area (Å²) in [5, 5.41) is 10.8. The van der Waals surface area contributed by atoms with Crippen LogP contribution in [0.1, 0.15) is 31.3 Å². The Bertz CT molecular complexity index is 1220. The topological polar surface area (TPSA) is 102 Å². The minimum atomic E-state index is -0.574. The summed E-state index contributed by atoms with van der Waals surface area (Å²) in [5.74, 6) is 0.0348. The van der Waals surface area contributed by atoms with Gasteiger partial charge in [0.05, 0.1) is 11.1 Å². The molecule has 8 nitrogen and oxygen atoms in total. The van der Waals surface area contributed by atoms with E-state index < -0.39 is 12.0 Å². The number of amides is 2. The van der Waals surface area contributed by atoms with Crippen molar-refractivity contribution in [2.75, 3.05) is 10.6 Å². The predicted molar refractivity (Wildman–Crippen MR) is 114 cm³/mol. The monoisotopic (exact) mass is 406 g/mol. The van der Waals surface area contributed by atoms with E-state index in [1.165, 1.54) is 4.68 Å². The number of hydrogen-bond donors (Lipinski definition) is 2. The zero-order valence-electron chi connectivity index (χ0n) is 16.9. The van der Waals surface area contributed by atoms with Crippen LogP contribution in [0.15, 0.2) is 47.3 Å². The van der Waals surface area contributed by atoms with Crippen molar-refractivity contribution in [3.05, 3.63) is 58.5 Å². The Kier molecular flexibility index (Phi) is 4.99. The molecule has 0 radical (unpaired) electrons. The van der Waals surface area contributed by atoms with Crippen molar-refractivity contribution in [2.24, 2.45) is 5.92 Å². The van der Waals surface area contributed by atoms with Crippen LogP contribution in [-0.4, -0.2) is 27.7 Å². The fraction of sp³-hybridized carbons (Fsp3) is 0.273. The highest BCUT2D eigenvalue weighted by Crippen LogP contribution is 2.32. The molecule has 3 aromatic rings. The SMILES string of the molecule is CC(C)Cn1nc(C(=O)Nc2ccc3c(c2)NC(=O)[C@H](C)O3)c2ccccc2c1=O. The molecule has 0 bridgehead atoms. The molecule has 8 heteroatoms. The van der Waals surface area contributed by atoms with Gasteiger partial charge in [-0.05, 0) is 37.1 Å². The Labute approximate surface area is 172 Å². The lowest BCUT2D eigenvalue weighted by molar-refractivity contribution is -0.122. The van der Waals surface area contributed by atoms with E-state index in [0.29, 0.717) is 34.4 Å². The number of carbonyl (C=O) groups excluding carboxylic acids is 2. The first kappa shape index (κ1) is 19.6. The van der Waals surface area contributed by atoms with Gasteiger partial charge < -0.3 is 15.4 Å². The molecular formula is C22H22N4O4. The highest BCUT2D eigenvalue weighted by molar-refractivity contribution is 6.11. The van der Waals surface area contributed by atoms with Crippen molar-refractivity contribution in [3.8, 4) is 5.75 Å². The number of fused-ring (bicyclic) bond motifs is 2. The van der Waals surface area contributed by atoms with Gasteiger partial charge in [-0.25, -0.2) is 4.68 Å². The van der Waals surface area contributed by atoms with Gasteiger partial charge in [0.2, 0.25) is 0 Å². The minimum Gasteiger partial charge on any atom is -0.479 e. The van der Waals surface area contributed by atoms with Crippen LogP contribution in [0.4, 0.5) is 11.4 Å². The van der Waals surface area contributed by atoms with Gasteiger partial charge in [-0.1, -0.05) is 32.0 Å². The van der Waals surface area contributed by atoms with E-state index in [1.54, 1.807) is 49.4 Å². The van der Waals surface area contributed by atoms with Crippen LogP contribution in [0.2, 0.25) is 0 Å². The highest BCUT2D eigenvalue weighted by Gasteiger charge is 2.24. The molecule has 0 unspecified atom stereocenters. The van der Waals surface area contributed by atoms with E-state index in [-0.39, 0.29) is 23.1 Å². The second-order valence-electron chi connectivity index (χ2n) is 7.69. The second kappa shape index (κ2) is 7.62. The highest BCUT2D eigenvalue weighted by atomic mass is 16.5. The van der Waals surface area contributed by atoms with Gasteiger partial charge in [0.1, 0.15) is 5.75 Å². The van der Waals surface area contributed by atoms with E-state index >= 15 is 0 Å². The van der Waals surface area contributed by atoms with Gasteiger partial charge in [0.15, 0.2) is 11.8 Å². The van der Waals surface area contributed by atoms with Crippen LogP contribution < -0.4 is 20.9 Å². The van der Waals surface area contributed by atoms with E-state index in [0.717, 1.165) is 0 Å². The Morgan fingerprint density at radius 1 is 1.20 bits per heavy atom. The van der Waals surface area contributed by atoms with E-state index in [9.17, 15) is 14.4 Å². The Balaban J connectivity index is 1.70. The maximum atomic E-state index is 13.1. The standard InChI is InChI=1S/C22H22N4O4/c1-12(2)11-26-22(29)16-7-5-4-6-15(16)19(25-26)21(28)23-14-8-9-18-17(10-14)24-20(27)13(3)30-18/h4-10,12-13H,11H2,1-3H3,(H,23,28)(H,24,27)/t13-/m0/s1. The molecule has 0 saturated heterocycles. The third-order valence-electron chi connectivity index (χ3n) is 4.79. The summed E-state index contributed by atoms with van der Waals surface area (Å²) < 4.78 is 6.87. The van der Waals surface area contributed by atoms with Crippen LogP contribution in [0, 0.1) is 5.92 Å². The number of benzene rings is 2. The fourth-order valence-electron chi connectivity index (χ4n) is 3.35. The molecule has 2 amide bonds. The molecule has 1 aromatic heterocycles. The molecule has 1 aliphatic heterocycles. The molecule has 0 saturated carbocycles. The smallest absolute Gasteiger partial charge is 0.276 e. The average molecular weight is 406 g/mol. The molecule has 2 N–H and O–H groups in total. The maximum absolute atomic E-state index is 13.1. The minimum absolute atomic E-state index is 0.164. The lowest BCUT2D eigenvalue weighted by Gasteiger charge is -2.23. The quantitative estimate of drug-likeness (QED) is 0.693. The van der Waals surface area contributed by atoms with Crippen LogP contribution in [0.25, 0.3) is 10.8 Å². The van der Waals surface area contributed by atoms with Gasteiger partial charge in [-0.2, -0.15) is 5.10 Å². The Morgan fingerprint density at radius 3 is 2.67 bits per heavy atom. The third-order valence-corrected chi connectivity index (χ3v) is 4.79. The zero-order valence-corrected chi connectivity index (χ0v) is 16.9. The molecule has 0 spiro atoms. The first-order valence-corrected chi connectivity index (χ1v) is 9.76. The Hall–Kier alpha value is -3.68. The largest absolute Gasteiger partial charge is 0.479 e. The summed E-state index contributed by atoms with van der Waals surface area (Å²) >= 11 is 0. The maximum Gasteiger partial charge on any atom is 0.276 e. The number of ether oxygens (including phenoxy) is 1. The van der Waals surface area contributed by atoms with Crippen molar-refractivity contribution < 1.29 is 14.3 Å². The summed E-state index contributed by atoms with van der Waals surface area (Å²) in [5.41, 5.74) is 0.902. The van der Waals surface area contributed by atoms with Gasteiger partial charge >= 0.3 is 0 Å². The van der Waals surface area contributed by atoms with E-state index in [1.807, 2.05) is 13.8 Å². The van der Waals surface area contributed by atoms with Gasteiger partial charge in [-0.3, -0.25) is 14.4 Å². The van der Waals surface area contributed by atoms with Crippen LogP contribution in [-0.2, 0) is 11.3 Å². The van der Waals surface area contributed by atoms with Crippen LogP contribution in [0.5, 0.6) is 5.75 Å². The molecule has 0 aliphatic carbocycles. The summed E-state index contributed by atoms with van der Waals surface area (Å²) in [4.78, 5) is 37.6. The van der Waals surface area contributed by atoms with Crippen molar-refractivity contribution in [3.63, 3.8) is 0 Å². The van der Waals surface area contributed by atoms with Gasteiger partial charge in [0, 0.05) is 17.6 Å². The number of anilines is 2. The number of nitrogens with zero attached hydrogens (tertiary/aromatic N) is 2. The lowest BCUT2D eigenvalue weighted by atomic mass is 10.1. The molecule has 0 fully saturated rings. The number of hydrogen-bond acceptors (Lipinski definition) is 5.